The van der Waals surface area contributed by atoms with Crippen molar-refractivity contribution in [3.63, 3.8) is 0 Å². The first-order valence-corrected chi connectivity index (χ1v) is 7.95. The molecule has 26 heavy (non-hydrogen) atoms. The van der Waals surface area contributed by atoms with Gasteiger partial charge in [-0.05, 0) is 36.8 Å². The first kappa shape index (κ1) is 19.2. The van der Waals surface area contributed by atoms with Crippen molar-refractivity contribution in [1.82, 2.24) is 0 Å². The zero-order valence-electron chi connectivity index (χ0n) is 14.3. The van der Waals surface area contributed by atoms with Gasteiger partial charge in [0.15, 0.2) is 11.6 Å². The van der Waals surface area contributed by atoms with E-state index in [4.69, 9.17) is 4.74 Å². The highest BCUT2D eigenvalue weighted by atomic mass is 16.5. The molecule has 1 atom stereocenters. The fourth-order valence-corrected chi connectivity index (χ4v) is 2.24. The molecule has 3 N–H and O–H groups in total. The molecule has 0 saturated carbocycles. The molecule has 0 aliphatic carbocycles. The molecule has 0 spiro atoms. The van der Waals surface area contributed by atoms with E-state index >= 15 is 0 Å². The maximum atomic E-state index is 12.4. The van der Waals surface area contributed by atoms with E-state index in [1.165, 1.54) is 30.3 Å². The Labute approximate surface area is 151 Å². The Kier molecular flexibility index (Phi) is 6.14. The number of para-hydroxylation sites is 1. The van der Waals surface area contributed by atoms with Crippen LogP contribution in [0, 0.1) is 0 Å². The van der Waals surface area contributed by atoms with Crippen LogP contribution in [-0.4, -0.2) is 39.6 Å². The number of ketones is 2. The van der Waals surface area contributed by atoms with Crippen LogP contribution in [-0.2, 0) is 4.79 Å². The van der Waals surface area contributed by atoms with Crippen molar-refractivity contribution in [3.8, 4) is 17.2 Å². The molecule has 1 unspecified atom stereocenters. The number of carbonyl (C=O) groups is 2. The average molecular weight is 356 g/mol. The molecule has 2 aromatic carbocycles. The lowest BCUT2D eigenvalue weighted by Crippen LogP contribution is -2.21. The molecule has 0 aliphatic heterocycles. The average Bonchev–Trinajstić information content (AvgIpc) is 2.59. The first-order chi connectivity index (χ1) is 12.3. The topological polar surface area (TPSA) is 104 Å². The zero-order valence-corrected chi connectivity index (χ0v) is 14.3. The quantitative estimate of drug-likeness (QED) is 0.496. The van der Waals surface area contributed by atoms with Gasteiger partial charge in [-0.25, -0.2) is 0 Å². The number of phenolic OH excluding ortho intramolecular Hbond substituents is 2. The summed E-state index contributed by atoms with van der Waals surface area (Å²) in [5.74, 6) is -1.05. The third kappa shape index (κ3) is 4.70. The van der Waals surface area contributed by atoms with Crippen LogP contribution in [0.3, 0.4) is 0 Å². The molecule has 0 heterocycles. The van der Waals surface area contributed by atoms with Crippen molar-refractivity contribution in [1.29, 1.82) is 0 Å². The number of rotatable bonds is 8. The van der Waals surface area contributed by atoms with Crippen LogP contribution in [0.1, 0.15) is 29.3 Å². The van der Waals surface area contributed by atoms with Crippen molar-refractivity contribution in [3.05, 3.63) is 65.7 Å². The summed E-state index contributed by atoms with van der Waals surface area (Å²) in [6, 6.07) is 10.1. The fourth-order valence-electron chi connectivity index (χ4n) is 2.24. The highest BCUT2D eigenvalue weighted by Gasteiger charge is 2.18. The van der Waals surface area contributed by atoms with Crippen LogP contribution in [0.25, 0.3) is 0 Å². The normalized spacial score (nSPS) is 11.6. The second-order valence-electron chi connectivity index (χ2n) is 5.90. The van der Waals surface area contributed by atoms with Crippen LogP contribution in [0.4, 0.5) is 0 Å². The number of hydrogen-bond acceptors (Lipinski definition) is 6. The molecule has 0 aromatic heterocycles. The summed E-state index contributed by atoms with van der Waals surface area (Å²) in [7, 11) is 0. The van der Waals surface area contributed by atoms with Crippen LogP contribution in [0.5, 0.6) is 17.2 Å². The summed E-state index contributed by atoms with van der Waals surface area (Å²) in [6.45, 7) is 4.93. The highest BCUT2D eigenvalue weighted by Crippen LogP contribution is 2.28. The van der Waals surface area contributed by atoms with Crippen LogP contribution < -0.4 is 4.74 Å². The molecule has 0 aliphatic rings. The number of Topliss-reactive ketones (excluding diaryl/α,β-unsaturated/α-hetero) is 1. The highest BCUT2D eigenvalue weighted by molar-refractivity contribution is 6.12. The molecule has 0 bridgehead atoms. The van der Waals surface area contributed by atoms with Crippen molar-refractivity contribution >= 4 is 11.6 Å². The largest absolute Gasteiger partial charge is 0.507 e. The first-order valence-electron chi connectivity index (χ1n) is 7.95. The minimum atomic E-state index is -1.01. The lowest BCUT2D eigenvalue weighted by atomic mass is 10.0. The molecule has 6 nitrogen and oxygen atoms in total. The van der Waals surface area contributed by atoms with E-state index in [2.05, 4.69) is 6.58 Å². The van der Waals surface area contributed by atoms with E-state index in [0.29, 0.717) is 5.57 Å². The van der Waals surface area contributed by atoms with Gasteiger partial charge in [-0.2, -0.15) is 0 Å². The SMILES string of the molecule is C=C(C)C(=O)CC(O)COc1ccc(C(=O)c2ccccc2O)c(O)c1. The summed E-state index contributed by atoms with van der Waals surface area (Å²) in [6.07, 6.45) is -1.12. The fraction of sp³-hybridized carbons (Fsp3) is 0.200. The van der Waals surface area contributed by atoms with Gasteiger partial charge in [-0.3, -0.25) is 9.59 Å². The van der Waals surface area contributed by atoms with Gasteiger partial charge in [-0.1, -0.05) is 18.7 Å². The molecular weight excluding hydrogens is 336 g/mol. The van der Waals surface area contributed by atoms with Crippen molar-refractivity contribution in [2.24, 2.45) is 0 Å². The summed E-state index contributed by atoms with van der Waals surface area (Å²) < 4.78 is 5.34. The molecule has 2 aromatic rings. The number of aliphatic hydroxyl groups is 1. The number of phenols is 2. The maximum Gasteiger partial charge on any atom is 0.200 e. The van der Waals surface area contributed by atoms with Crippen molar-refractivity contribution < 1.29 is 29.6 Å². The minimum absolute atomic E-state index is 0.0110. The molecule has 136 valence electrons. The number of ether oxygens (including phenoxy) is 1. The summed E-state index contributed by atoms with van der Waals surface area (Å²) in [5, 5.41) is 29.6. The van der Waals surface area contributed by atoms with Gasteiger partial charge in [0.25, 0.3) is 0 Å². The molecule has 0 fully saturated rings. The number of aliphatic hydroxyl groups excluding tert-OH is 1. The lowest BCUT2D eigenvalue weighted by Gasteiger charge is -2.13. The third-order valence-corrected chi connectivity index (χ3v) is 3.70. The number of benzene rings is 2. The molecule has 6 heteroatoms. The summed E-state index contributed by atoms with van der Waals surface area (Å²) in [5.41, 5.74) is 0.441. The molecule has 0 saturated heterocycles. The van der Waals surface area contributed by atoms with Gasteiger partial charge in [0.05, 0.1) is 17.2 Å². The van der Waals surface area contributed by atoms with E-state index in [9.17, 15) is 24.9 Å². The molecule has 2 rings (SSSR count). The van der Waals surface area contributed by atoms with Gasteiger partial charge >= 0.3 is 0 Å². The van der Waals surface area contributed by atoms with Gasteiger partial charge in [0.1, 0.15) is 23.9 Å². The summed E-state index contributed by atoms with van der Waals surface area (Å²) >= 11 is 0. The number of hydrogen-bond donors (Lipinski definition) is 3. The predicted molar refractivity (Wildman–Crippen MR) is 95.6 cm³/mol. The van der Waals surface area contributed by atoms with Crippen LogP contribution in [0.2, 0.25) is 0 Å². The van der Waals surface area contributed by atoms with Gasteiger partial charge < -0.3 is 20.1 Å². The van der Waals surface area contributed by atoms with Crippen LogP contribution in [0.15, 0.2) is 54.6 Å². The van der Waals surface area contributed by atoms with Gasteiger partial charge in [0.2, 0.25) is 0 Å². The second kappa shape index (κ2) is 8.31. The Morgan fingerprint density at radius 3 is 2.35 bits per heavy atom. The standard InChI is InChI=1S/C20H20O6/c1-12(2)18(23)9-13(21)11-26-14-7-8-16(19(24)10-14)20(25)15-5-3-4-6-17(15)22/h3-8,10,13,21-22,24H,1,9,11H2,2H3. The Morgan fingerprint density at radius 1 is 1.08 bits per heavy atom. The summed E-state index contributed by atoms with van der Waals surface area (Å²) in [4.78, 5) is 23.9. The Hall–Kier alpha value is -3.12. The minimum Gasteiger partial charge on any atom is -0.507 e. The van der Waals surface area contributed by atoms with Crippen molar-refractivity contribution in [2.75, 3.05) is 6.61 Å². The number of carbonyl (C=O) groups excluding carboxylic acids is 2. The molecule has 0 amide bonds. The maximum absolute atomic E-state index is 12.4. The number of aromatic hydroxyl groups is 2. The number of allylic oxidation sites excluding steroid dienone is 1. The third-order valence-electron chi connectivity index (χ3n) is 3.70. The monoisotopic (exact) mass is 356 g/mol. The predicted octanol–water partition coefficient (Wildman–Crippen LogP) is 2.60. The zero-order chi connectivity index (χ0) is 19.3. The van der Waals surface area contributed by atoms with Gasteiger partial charge in [-0.15, -0.1) is 0 Å². The second-order valence-corrected chi connectivity index (χ2v) is 5.90. The smallest absolute Gasteiger partial charge is 0.200 e. The van der Waals surface area contributed by atoms with E-state index < -0.39 is 11.9 Å². The van der Waals surface area contributed by atoms with E-state index in [-0.39, 0.29) is 47.2 Å². The van der Waals surface area contributed by atoms with E-state index in [1.54, 1.807) is 19.1 Å². The van der Waals surface area contributed by atoms with Crippen molar-refractivity contribution in [2.45, 2.75) is 19.4 Å². The van der Waals surface area contributed by atoms with Crippen LogP contribution >= 0.6 is 0 Å². The Morgan fingerprint density at radius 2 is 1.73 bits per heavy atom. The lowest BCUT2D eigenvalue weighted by molar-refractivity contribution is -0.117. The molecular formula is C20H20O6. The Balaban J connectivity index is 2.05. The van der Waals surface area contributed by atoms with E-state index in [1.807, 2.05) is 0 Å². The molecule has 0 radical (unpaired) electrons. The van der Waals surface area contributed by atoms with E-state index in [0.717, 1.165) is 0 Å². The van der Waals surface area contributed by atoms with Gasteiger partial charge in [0, 0.05) is 12.5 Å². The Bertz CT molecular complexity index is 840.